The van der Waals surface area contributed by atoms with Gasteiger partial charge in [-0.2, -0.15) is 13.2 Å². The maximum absolute atomic E-state index is 13.1. The van der Waals surface area contributed by atoms with E-state index >= 15 is 0 Å². The molecule has 3 N–H and O–H groups in total. The molecule has 1 aliphatic carbocycles. The van der Waals surface area contributed by atoms with Crippen molar-refractivity contribution in [1.29, 1.82) is 0 Å². The maximum Gasteiger partial charge on any atom is 0.417 e. The van der Waals surface area contributed by atoms with Crippen LogP contribution in [0.15, 0.2) is 12.3 Å². The molecule has 2 amide bonds. The van der Waals surface area contributed by atoms with Crippen LogP contribution < -0.4 is 11.1 Å². The van der Waals surface area contributed by atoms with Crippen molar-refractivity contribution in [3.05, 3.63) is 29.1 Å². The minimum Gasteiger partial charge on any atom is -0.379 e. The van der Waals surface area contributed by atoms with Gasteiger partial charge in [0.2, 0.25) is 11.8 Å². The minimum atomic E-state index is -4.43. The zero-order valence-electron chi connectivity index (χ0n) is 27.2. The second-order valence-electron chi connectivity index (χ2n) is 11.0. The number of rotatable bonds is 6. The van der Waals surface area contributed by atoms with Crippen LogP contribution in [0.4, 0.5) is 13.2 Å². The largest absolute Gasteiger partial charge is 0.417 e. The van der Waals surface area contributed by atoms with Crippen molar-refractivity contribution >= 4 is 11.8 Å². The van der Waals surface area contributed by atoms with Crippen LogP contribution in [0.25, 0.3) is 0 Å². The molecule has 248 valence electrons. The molecule has 3 aliphatic rings. The quantitative estimate of drug-likeness (QED) is 0.501. The van der Waals surface area contributed by atoms with E-state index in [9.17, 15) is 22.8 Å². The molecule has 0 spiro atoms. The average Bonchev–Trinajstić information content (AvgIpc) is 3.46. The molecule has 1 saturated heterocycles. The monoisotopic (exact) mass is 618 g/mol. The number of carbonyl (C=O) groups excluding carboxylic acids is 2. The molecular weight excluding hydrogens is 565 g/mol. The lowest BCUT2D eigenvalue weighted by molar-refractivity contribution is -0.138. The molecule has 10 nitrogen and oxygen atoms in total. The van der Waals surface area contributed by atoms with Gasteiger partial charge >= 0.3 is 6.18 Å². The van der Waals surface area contributed by atoms with Crippen molar-refractivity contribution < 1.29 is 32.2 Å². The van der Waals surface area contributed by atoms with Gasteiger partial charge in [-0.1, -0.05) is 13.8 Å². The number of fused-ring (bicyclic) bond motifs is 1. The first-order valence-corrected chi connectivity index (χ1v) is 15.0. The van der Waals surface area contributed by atoms with Crippen molar-refractivity contribution in [3.8, 4) is 0 Å². The molecule has 2 fully saturated rings. The Morgan fingerprint density at radius 2 is 1.84 bits per heavy atom. The van der Waals surface area contributed by atoms with Crippen LogP contribution >= 0.6 is 0 Å². The summed E-state index contributed by atoms with van der Waals surface area (Å²) in [6.07, 6.45) is 0.293. The topological polar surface area (TPSA) is 113 Å². The highest BCUT2D eigenvalue weighted by Crippen LogP contribution is 2.33. The van der Waals surface area contributed by atoms with Crippen LogP contribution in [0.2, 0.25) is 0 Å². The van der Waals surface area contributed by atoms with E-state index in [0.717, 1.165) is 37.9 Å². The van der Waals surface area contributed by atoms with E-state index in [4.69, 9.17) is 9.47 Å². The highest BCUT2D eigenvalue weighted by molar-refractivity contribution is 5.79. The zero-order valence-corrected chi connectivity index (χ0v) is 27.2. The Bertz CT molecular complexity index is 980. The fourth-order valence-electron chi connectivity index (χ4n) is 5.23. The van der Waals surface area contributed by atoms with E-state index in [1.54, 1.807) is 31.0 Å². The van der Waals surface area contributed by atoms with Crippen molar-refractivity contribution in [2.24, 2.45) is 11.7 Å². The molecule has 4 unspecified atom stereocenters. The highest BCUT2D eigenvalue weighted by Gasteiger charge is 2.37. The van der Waals surface area contributed by atoms with Crippen LogP contribution in [-0.2, 0) is 38.2 Å². The van der Waals surface area contributed by atoms with Gasteiger partial charge in [0.05, 0.1) is 24.8 Å². The van der Waals surface area contributed by atoms with Gasteiger partial charge in [-0.05, 0) is 58.5 Å². The highest BCUT2D eigenvalue weighted by atomic mass is 19.4. The summed E-state index contributed by atoms with van der Waals surface area (Å²) in [7, 11) is 10.4. The number of carbonyl (C=O) groups is 2. The number of hydrogen-bond acceptors (Lipinski definition) is 8. The number of halogens is 3. The van der Waals surface area contributed by atoms with Gasteiger partial charge in [0.25, 0.3) is 0 Å². The van der Waals surface area contributed by atoms with Crippen LogP contribution in [0.3, 0.4) is 0 Å². The molecule has 1 aromatic heterocycles. The summed E-state index contributed by atoms with van der Waals surface area (Å²) in [5.74, 6) is 0.0845. The SMILES string of the molecule is CC.CN.CN(C)CC(=O)N(C)C.COC1COCCC1NC1CCC(C(=O)N2CCc3ncc(C(F)(F)F)cc3C2)C1. The Kier molecular flexibility index (Phi) is 17.2. The molecule has 1 saturated carbocycles. The molecule has 4 rings (SSSR count). The number of methoxy groups -OCH3 is 1. The summed E-state index contributed by atoms with van der Waals surface area (Å²) in [4.78, 5) is 33.0. The van der Waals surface area contributed by atoms with E-state index in [1.807, 2.05) is 32.8 Å². The van der Waals surface area contributed by atoms with Crippen LogP contribution in [-0.4, -0.2) is 118 Å². The number of hydrogen-bond donors (Lipinski definition) is 2. The summed E-state index contributed by atoms with van der Waals surface area (Å²) in [5, 5.41) is 3.64. The smallest absolute Gasteiger partial charge is 0.379 e. The van der Waals surface area contributed by atoms with E-state index in [-0.39, 0.29) is 42.5 Å². The number of pyridine rings is 1. The number of alkyl halides is 3. The lowest BCUT2D eigenvalue weighted by Crippen LogP contribution is -2.50. The third kappa shape index (κ3) is 12.3. The van der Waals surface area contributed by atoms with E-state index in [1.165, 1.54) is 7.05 Å². The molecule has 3 heterocycles. The van der Waals surface area contributed by atoms with Gasteiger partial charge in [0, 0.05) is 77.2 Å². The van der Waals surface area contributed by atoms with Crippen molar-refractivity contribution in [2.45, 2.75) is 76.9 Å². The van der Waals surface area contributed by atoms with E-state index in [2.05, 4.69) is 16.0 Å². The third-order valence-corrected chi connectivity index (χ3v) is 7.47. The predicted octanol–water partition coefficient (Wildman–Crippen LogP) is 2.78. The molecule has 4 atom stereocenters. The number of aromatic nitrogens is 1. The molecule has 2 aliphatic heterocycles. The fraction of sp³-hybridized carbons (Fsp3) is 0.767. The van der Waals surface area contributed by atoms with E-state index < -0.39 is 11.7 Å². The minimum absolute atomic E-state index is 0.0161. The van der Waals surface area contributed by atoms with Crippen molar-refractivity contribution in [3.63, 3.8) is 0 Å². The number of ether oxygens (including phenoxy) is 2. The Labute approximate surface area is 255 Å². The standard InChI is InChI=1S/C21H28F3N3O3.C6H14N2O.C2H6.CH5N/c1-29-19-12-30-7-5-18(19)26-16-3-2-13(9-16)20(28)27-6-4-17-14(11-27)8-15(10-25-17)21(22,23)24;1-7(2)5-6(9)8(3)4;2*1-2/h8,10,13,16,18-19,26H,2-7,9,11-12H2,1H3;5H2,1-4H3;1-2H3;2H2,1H3. The molecule has 0 aromatic carbocycles. The van der Waals surface area contributed by atoms with Gasteiger partial charge in [0.1, 0.15) is 0 Å². The third-order valence-electron chi connectivity index (χ3n) is 7.47. The lowest BCUT2D eigenvalue weighted by Gasteiger charge is -2.33. The molecule has 43 heavy (non-hydrogen) atoms. The van der Waals surface area contributed by atoms with Gasteiger partial charge in [-0.25, -0.2) is 0 Å². The van der Waals surface area contributed by atoms with Gasteiger partial charge < -0.3 is 35.2 Å². The van der Waals surface area contributed by atoms with Crippen molar-refractivity contribution in [2.75, 3.05) is 68.7 Å². The normalized spacial score (nSPS) is 23.0. The second kappa shape index (κ2) is 19.1. The molecule has 13 heteroatoms. The lowest BCUT2D eigenvalue weighted by atomic mass is 10.00. The Morgan fingerprint density at radius 1 is 1.16 bits per heavy atom. The van der Waals surface area contributed by atoms with Crippen LogP contribution in [0.5, 0.6) is 0 Å². The van der Waals surface area contributed by atoms with Crippen molar-refractivity contribution in [1.82, 2.24) is 25.0 Å². The number of nitrogens with zero attached hydrogens (tertiary/aromatic N) is 4. The molecule has 1 aromatic rings. The first-order valence-electron chi connectivity index (χ1n) is 15.0. The fourth-order valence-corrected chi connectivity index (χ4v) is 5.23. The first kappa shape index (κ1) is 38.7. The Morgan fingerprint density at radius 3 is 2.40 bits per heavy atom. The van der Waals surface area contributed by atoms with Crippen LogP contribution in [0, 0.1) is 5.92 Å². The number of nitrogens with one attached hydrogen (secondary N) is 1. The first-order chi connectivity index (χ1) is 20.4. The van der Waals surface area contributed by atoms with E-state index in [0.29, 0.717) is 44.0 Å². The number of amides is 2. The summed E-state index contributed by atoms with van der Waals surface area (Å²) in [5.41, 5.74) is 4.90. The van der Waals surface area contributed by atoms with Gasteiger partial charge in [-0.3, -0.25) is 14.6 Å². The van der Waals surface area contributed by atoms with Crippen LogP contribution in [0.1, 0.15) is 56.4 Å². The zero-order chi connectivity index (χ0) is 32.7. The number of nitrogens with two attached hydrogens (primary N) is 1. The summed E-state index contributed by atoms with van der Waals surface area (Å²) in [6.45, 7) is 6.47. The molecule has 0 radical (unpaired) electrons. The maximum atomic E-state index is 13.1. The molecule has 0 bridgehead atoms. The number of likely N-dealkylation sites (N-methyl/N-ethyl adjacent to an activating group) is 2. The predicted molar refractivity (Wildman–Crippen MR) is 161 cm³/mol. The van der Waals surface area contributed by atoms with Gasteiger partial charge in [-0.15, -0.1) is 0 Å². The Hall–Kier alpha value is -2.32. The average molecular weight is 619 g/mol. The summed E-state index contributed by atoms with van der Waals surface area (Å²) < 4.78 is 50.0. The summed E-state index contributed by atoms with van der Waals surface area (Å²) in [6, 6.07) is 1.60. The second-order valence-corrected chi connectivity index (χ2v) is 11.0. The molecular formula is C30H53F3N6O4. The van der Waals surface area contributed by atoms with Gasteiger partial charge in [0.15, 0.2) is 0 Å². The Balaban J connectivity index is 0.000000607. The summed E-state index contributed by atoms with van der Waals surface area (Å²) >= 11 is 0.